The van der Waals surface area contributed by atoms with Gasteiger partial charge in [-0.2, -0.15) is 0 Å². The largest absolute Gasteiger partial charge is 0.501 e. The van der Waals surface area contributed by atoms with Crippen molar-refractivity contribution in [1.29, 1.82) is 0 Å². The summed E-state index contributed by atoms with van der Waals surface area (Å²) in [6, 6.07) is 0.0525. The number of carbonyl (C=O) groups excluding carboxylic acids is 1. The van der Waals surface area contributed by atoms with Gasteiger partial charge in [-0.05, 0) is 32.2 Å². The number of ketones is 1. The second kappa shape index (κ2) is 4.60. The summed E-state index contributed by atoms with van der Waals surface area (Å²) in [5.41, 5.74) is 0.871. The summed E-state index contributed by atoms with van der Waals surface area (Å²) < 4.78 is 5.18. The minimum Gasteiger partial charge on any atom is -0.501 e. The van der Waals surface area contributed by atoms with E-state index in [1.807, 2.05) is 0 Å². The molecule has 0 aromatic carbocycles. The highest BCUT2D eigenvalue weighted by molar-refractivity contribution is 5.99. The van der Waals surface area contributed by atoms with Crippen molar-refractivity contribution < 1.29 is 9.53 Å². The van der Waals surface area contributed by atoms with Gasteiger partial charge in [0.1, 0.15) is 0 Å². The Balaban J connectivity index is 1.95. The summed E-state index contributed by atoms with van der Waals surface area (Å²) in [4.78, 5) is 11.9. The predicted molar refractivity (Wildman–Crippen MR) is 53.9 cm³/mol. The van der Waals surface area contributed by atoms with Crippen LogP contribution in [0.15, 0.2) is 11.8 Å². The molecule has 1 unspecified atom stereocenters. The van der Waals surface area contributed by atoms with Crippen LogP contribution in [0.1, 0.15) is 32.1 Å². The molecule has 2 rings (SSSR count). The zero-order chi connectivity index (χ0) is 9.80. The number of Topliss-reactive ketones (excluding diaryl/α,β-unsaturated/α-hetero) is 1. The first kappa shape index (κ1) is 9.71. The first-order valence-electron chi connectivity index (χ1n) is 5.46. The average Bonchev–Trinajstić information content (AvgIpc) is 2.30. The van der Waals surface area contributed by atoms with E-state index >= 15 is 0 Å². The summed E-state index contributed by atoms with van der Waals surface area (Å²) in [7, 11) is 0. The average molecular weight is 195 g/mol. The van der Waals surface area contributed by atoms with Gasteiger partial charge in [-0.15, -0.1) is 0 Å². The van der Waals surface area contributed by atoms with Gasteiger partial charge in [-0.3, -0.25) is 4.79 Å². The Kier molecular flexibility index (Phi) is 3.19. The first-order chi connectivity index (χ1) is 6.88. The number of hydrogen-bond donors (Lipinski definition) is 1. The third-order valence-electron chi connectivity index (χ3n) is 2.88. The highest BCUT2D eigenvalue weighted by Crippen LogP contribution is 2.18. The molecule has 0 aromatic rings. The molecule has 2 aliphatic heterocycles. The molecule has 3 heteroatoms. The fraction of sp³-hybridized carbons (Fsp3) is 0.727. The highest BCUT2D eigenvalue weighted by atomic mass is 16.5. The summed E-state index contributed by atoms with van der Waals surface area (Å²) in [5.74, 6) is 0.254. The van der Waals surface area contributed by atoms with Crippen LogP contribution in [0.3, 0.4) is 0 Å². The third kappa shape index (κ3) is 2.15. The van der Waals surface area contributed by atoms with Crippen molar-refractivity contribution in [3.8, 4) is 0 Å². The van der Waals surface area contributed by atoms with Gasteiger partial charge >= 0.3 is 0 Å². The molecule has 0 bridgehead atoms. The maximum absolute atomic E-state index is 11.9. The molecule has 0 radical (unpaired) electrons. The molecule has 0 aliphatic carbocycles. The SMILES string of the molecule is O=C(C1=COCCC1)C1CCCCN1. The Bertz CT molecular complexity index is 242. The van der Waals surface area contributed by atoms with Crippen molar-refractivity contribution in [2.45, 2.75) is 38.1 Å². The van der Waals surface area contributed by atoms with Crippen molar-refractivity contribution in [1.82, 2.24) is 5.32 Å². The Labute approximate surface area is 84.5 Å². The normalized spacial score (nSPS) is 27.7. The molecule has 0 amide bonds. The standard InChI is InChI=1S/C11H17NO2/c13-11(9-4-3-7-14-8-9)10-5-1-2-6-12-10/h8,10,12H,1-7H2. The fourth-order valence-corrected chi connectivity index (χ4v) is 2.05. The highest BCUT2D eigenvalue weighted by Gasteiger charge is 2.24. The molecule has 2 aliphatic rings. The lowest BCUT2D eigenvalue weighted by Gasteiger charge is -2.24. The maximum atomic E-state index is 11.9. The van der Waals surface area contributed by atoms with Gasteiger partial charge in [0.2, 0.25) is 0 Å². The Morgan fingerprint density at radius 1 is 1.43 bits per heavy atom. The smallest absolute Gasteiger partial charge is 0.178 e. The molecule has 1 fully saturated rings. The fourth-order valence-electron chi connectivity index (χ4n) is 2.05. The predicted octanol–water partition coefficient (Wildman–Crippen LogP) is 1.39. The van der Waals surface area contributed by atoms with Crippen LogP contribution in [0.5, 0.6) is 0 Å². The molecule has 1 N–H and O–H groups in total. The topological polar surface area (TPSA) is 38.3 Å². The van der Waals surface area contributed by atoms with E-state index < -0.39 is 0 Å². The van der Waals surface area contributed by atoms with Gasteiger partial charge in [0.25, 0.3) is 0 Å². The van der Waals surface area contributed by atoms with Crippen molar-refractivity contribution >= 4 is 5.78 Å². The van der Waals surface area contributed by atoms with Gasteiger partial charge in [0.05, 0.1) is 18.9 Å². The number of carbonyl (C=O) groups is 1. The van der Waals surface area contributed by atoms with Gasteiger partial charge in [0.15, 0.2) is 5.78 Å². The summed E-state index contributed by atoms with van der Waals surface area (Å²) in [5, 5.41) is 3.27. The van der Waals surface area contributed by atoms with Gasteiger partial charge in [-0.25, -0.2) is 0 Å². The van der Waals surface area contributed by atoms with Crippen LogP contribution in [0.4, 0.5) is 0 Å². The zero-order valence-corrected chi connectivity index (χ0v) is 8.42. The van der Waals surface area contributed by atoms with Crippen molar-refractivity contribution in [3.05, 3.63) is 11.8 Å². The molecule has 1 atom stereocenters. The lowest BCUT2D eigenvalue weighted by atomic mass is 9.94. The van der Waals surface area contributed by atoms with Gasteiger partial charge in [-0.1, -0.05) is 6.42 Å². The van der Waals surface area contributed by atoms with Crippen LogP contribution in [0.25, 0.3) is 0 Å². The Morgan fingerprint density at radius 3 is 3.00 bits per heavy atom. The summed E-state index contributed by atoms with van der Waals surface area (Å²) in [6.45, 7) is 1.74. The van der Waals surface area contributed by atoms with Crippen molar-refractivity contribution in [2.75, 3.05) is 13.2 Å². The molecule has 0 aromatic heterocycles. The van der Waals surface area contributed by atoms with Gasteiger partial charge in [0, 0.05) is 5.57 Å². The molecule has 2 heterocycles. The van der Waals surface area contributed by atoms with Crippen LogP contribution in [0, 0.1) is 0 Å². The minimum absolute atomic E-state index is 0.0525. The lowest BCUT2D eigenvalue weighted by Crippen LogP contribution is -2.41. The second-order valence-corrected chi connectivity index (χ2v) is 3.98. The first-order valence-corrected chi connectivity index (χ1v) is 5.46. The van der Waals surface area contributed by atoms with Crippen LogP contribution in [0.2, 0.25) is 0 Å². The molecule has 14 heavy (non-hydrogen) atoms. The molecule has 78 valence electrons. The van der Waals surface area contributed by atoms with Crippen LogP contribution >= 0.6 is 0 Å². The molecule has 0 spiro atoms. The molecular weight excluding hydrogens is 178 g/mol. The molecule has 1 saturated heterocycles. The quantitative estimate of drug-likeness (QED) is 0.723. The lowest BCUT2D eigenvalue weighted by molar-refractivity contribution is -0.118. The molecule has 0 saturated carbocycles. The number of nitrogens with one attached hydrogen (secondary N) is 1. The second-order valence-electron chi connectivity index (χ2n) is 3.98. The van der Waals surface area contributed by atoms with Crippen LogP contribution in [-0.2, 0) is 9.53 Å². The van der Waals surface area contributed by atoms with E-state index in [4.69, 9.17) is 4.74 Å². The van der Waals surface area contributed by atoms with E-state index in [1.54, 1.807) is 6.26 Å². The number of rotatable bonds is 2. The monoisotopic (exact) mass is 195 g/mol. The van der Waals surface area contributed by atoms with Crippen molar-refractivity contribution in [3.63, 3.8) is 0 Å². The zero-order valence-electron chi connectivity index (χ0n) is 8.42. The number of ether oxygens (including phenoxy) is 1. The van der Waals surface area contributed by atoms with E-state index in [9.17, 15) is 4.79 Å². The van der Waals surface area contributed by atoms with E-state index in [2.05, 4.69) is 5.32 Å². The molecular formula is C11H17NO2. The van der Waals surface area contributed by atoms with E-state index in [0.29, 0.717) is 0 Å². The van der Waals surface area contributed by atoms with Crippen LogP contribution in [-0.4, -0.2) is 25.0 Å². The van der Waals surface area contributed by atoms with Gasteiger partial charge < -0.3 is 10.1 Å². The van der Waals surface area contributed by atoms with E-state index in [-0.39, 0.29) is 11.8 Å². The van der Waals surface area contributed by atoms with E-state index in [1.165, 1.54) is 6.42 Å². The van der Waals surface area contributed by atoms with Crippen LogP contribution < -0.4 is 5.32 Å². The Morgan fingerprint density at radius 2 is 2.36 bits per heavy atom. The molecule has 3 nitrogen and oxygen atoms in total. The van der Waals surface area contributed by atoms with Crippen molar-refractivity contribution in [2.24, 2.45) is 0 Å². The third-order valence-corrected chi connectivity index (χ3v) is 2.88. The number of piperidine rings is 1. The maximum Gasteiger partial charge on any atom is 0.178 e. The minimum atomic E-state index is 0.0525. The Hall–Kier alpha value is -0.830. The summed E-state index contributed by atoms with van der Waals surface area (Å²) in [6.07, 6.45) is 6.86. The summed E-state index contributed by atoms with van der Waals surface area (Å²) >= 11 is 0. The van der Waals surface area contributed by atoms with E-state index in [0.717, 1.165) is 44.4 Å². The number of hydrogen-bond acceptors (Lipinski definition) is 3.